The number of nitrogens with one attached hydrogen (secondary N) is 1. The van der Waals surface area contributed by atoms with E-state index in [0.717, 1.165) is 42.9 Å². The Morgan fingerprint density at radius 2 is 1.96 bits per heavy atom. The van der Waals surface area contributed by atoms with E-state index in [1.807, 2.05) is 30.3 Å². The summed E-state index contributed by atoms with van der Waals surface area (Å²) >= 11 is 0. The van der Waals surface area contributed by atoms with Gasteiger partial charge in [0.05, 0.1) is 0 Å². The van der Waals surface area contributed by atoms with Gasteiger partial charge >= 0.3 is 0 Å². The number of piperazine rings is 1. The molecule has 0 aliphatic carbocycles. The van der Waals surface area contributed by atoms with Crippen LogP contribution >= 0.6 is 0 Å². The van der Waals surface area contributed by atoms with Crippen molar-refractivity contribution < 1.29 is 9.59 Å². The summed E-state index contributed by atoms with van der Waals surface area (Å²) < 4.78 is 0. The van der Waals surface area contributed by atoms with E-state index in [-0.39, 0.29) is 5.91 Å². The molecule has 1 aliphatic rings. The Morgan fingerprint density at radius 3 is 2.68 bits per heavy atom. The van der Waals surface area contributed by atoms with Crippen molar-refractivity contribution >= 4 is 23.7 Å². The number of pyridine rings is 1. The third-order valence-electron chi connectivity index (χ3n) is 4.45. The van der Waals surface area contributed by atoms with Gasteiger partial charge in [-0.05, 0) is 30.2 Å². The molecule has 0 bridgehead atoms. The molecule has 3 rings (SSSR count). The van der Waals surface area contributed by atoms with Gasteiger partial charge in [0.1, 0.15) is 5.69 Å². The van der Waals surface area contributed by atoms with Gasteiger partial charge in [0, 0.05) is 43.8 Å². The van der Waals surface area contributed by atoms with Crippen molar-refractivity contribution in [3.8, 4) is 0 Å². The minimum absolute atomic E-state index is 0.214. The van der Waals surface area contributed by atoms with Gasteiger partial charge in [-0.25, -0.2) is 0 Å². The molecule has 25 heavy (non-hydrogen) atoms. The van der Waals surface area contributed by atoms with Crippen molar-refractivity contribution in [3.63, 3.8) is 0 Å². The van der Waals surface area contributed by atoms with Gasteiger partial charge in [-0.2, -0.15) is 0 Å². The Bertz CT molecular complexity index is 755. The van der Waals surface area contributed by atoms with Gasteiger partial charge in [-0.15, -0.1) is 0 Å². The molecule has 1 N–H and O–H groups in total. The van der Waals surface area contributed by atoms with Crippen molar-refractivity contribution in [1.29, 1.82) is 0 Å². The van der Waals surface area contributed by atoms with Crippen LogP contribution in [-0.2, 0) is 11.2 Å². The summed E-state index contributed by atoms with van der Waals surface area (Å²) in [5.41, 5.74) is 3.26. The van der Waals surface area contributed by atoms with Gasteiger partial charge < -0.3 is 15.1 Å². The molecular weight excluding hydrogens is 316 g/mol. The molecule has 130 valence electrons. The normalized spacial score (nSPS) is 14.3. The molecule has 1 saturated heterocycles. The lowest BCUT2D eigenvalue weighted by Crippen LogP contribution is -2.45. The van der Waals surface area contributed by atoms with E-state index in [9.17, 15) is 9.59 Å². The highest BCUT2D eigenvalue weighted by molar-refractivity contribution is 6.03. The number of benzene rings is 1. The number of nitrogens with zero attached hydrogens (tertiary/aromatic N) is 3. The lowest BCUT2D eigenvalue weighted by molar-refractivity contribution is -0.118. The van der Waals surface area contributed by atoms with Crippen LogP contribution in [0.2, 0.25) is 0 Å². The molecule has 1 aromatic heterocycles. The molecule has 2 aromatic rings. The fourth-order valence-electron chi connectivity index (χ4n) is 2.96. The maximum absolute atomic E-state index is 12.6. The topological polar surface area (TPSA) is 65.5 Å². The van der Waals surface area contributed by atoms with Crippen LogP contribution in [0.1, 0.15) is 23.0 Å². The van der Waals surface area contributed by atoms with Crippen LogP contribution in [0.25, 0.3) is 0 Å². The first-order valence-electron chi connectivity index (χ1n) is 8.51. The lowest BCUT2D eigenvalue weighted by atomic mass is 10.1. The van der Waals surface area contributed by atoms with Gasteiger partial charge in [-0.1, -0.05) is 25.1 Å². The molecule has 0 radical (unpaired) electrons. The highest BCUT2D eigenvalue weighted by atomic mass is 16.2. The van der Waals surface area contributed by atoms with Crippen LogP contribution < -0.4 is 10.2 Å². The van der Waals surface area contributed by atoms with Crippen LogP contribution in [0, 0.1) is 0 Å². The number of carbonyl (C=O) groups is 2. The van der Waals surface area contributed by atoms with Crippen molar-refractivity contribution in [2.75, 3.05) is 36.4 Å². The standard InChI is InChI=1S/C19H22N4O2/c1-2-15-5-3-4-6-17(15)21-19(25)18-13-16(7-8-20-18)23-11-9-22(14-24)10-12-23/h3-8,13-14H,2,9-12H2,1H3,(H,21,25). The van der Waals surface area contributed by atoms with Gasteiger partial charge in [0.25, 0.3) is 5.91 Å². The lowest BCUT2D eigenvalue weighted by Gasteiger charge is -2.34. The molecule has 2 heterocycles. The fraction of sp³-hybridized carbons (Fsp3) is 0.316. The van der Waals surface area contributed by atoms with E-state index in [1.165, 1.54) is 0 Å². The van der Waals surface area contributed by atoms with Crippen molar-refractivity contribution in [3.05, 3.63) is 53.9 Å². The number of hydrogen-bond acceptors (Lipinski definition) is 4. The molecule has 0 atom stereocenters. The number of para-hydroxylation sites is 1. The number of rotatable bonds is 5. The summed E-state index contributed by atoms with van der Waals surface area (Å²) in [7, 11) is 0. The van der Waals surface area contributed by atoms with Crippen molar-refractivity contribution in [2.24, 2.45) is 0 Å². The molecule has 0 spiro atoms. The number of aryl methyl sites for hydroxylation is 1. The molecule has 2 amide bonds. The zero-order chi connectivity index (χ0) is 17.6. The molecule has 0 unspecified atom stereocenters. The first kappa shape index (κ1) is 17.0. The van der Waals surface area contributed by atoms with E-state index in [1.54, 1.807) is 17.2 Å². The molecule has 1 fully saturated rings. The van der Waals surface area contributed by atoms with Crippen LogP contribution in [0.15, 0.2) is 42.6 Å². The average molecular weight is 338 g/mol. The Hall–Kier alpha value is -2.89. The van der Waals surface area contributed by atoms with Gasteiger partial charge in [0.15, 0.2) is 0 Å². The largest absolute Gasteiger partial charge is 0.368 e. The zero-order valence-electron chi connectivity index (χ0n) is 14.3. The van der Waals surface area contributed by atoms with Crippen LogP contribution in [0.3, 0.4) is 0 Å². The molecule has 0 saturated carbocycles. The maximum Gasteiger partial charge on any atom is 0.274 e. The Kier molecular flexibility index (Phi) is 5.28. The van der Waals surface area contributed by atoms with Gasteiger partial charge in [-0.3, -0.25) is 14.6 Å². The number of anilines is 2. The second-order valence-corrected chi connectivity index (χ2v) is 5.99. The summed E-state index contributed by atoms with van der Waals surface area (Å²) in [6, 6.07) is 11.5. The predicted octanol–water partition coefficient (Wildman–Crippen LogP) is 2.17. The van der Waals surface area contributed by atoms with Crippen LogP contribution in [0.5, 0.6) is 0 Å². The number of aromatic nitrogens is 1. The molecule has 1 aromatic carbocycles. The second-order valence-electron chi connectivity index (χ2n) is 5.99. The fourth-order valence-corrected chi connectivity index (χ4v) is 2.96. The Morgan fingerprint density at radius 1 is 1.20 bits per heavy atom. The zero-order valence-corrected chi connectivity index (χ0v) is 14.3. The Balaban J connectivity index is 1.73. The SMILES string of the molecule is CCc1ccccc1NC(=O)c1cc(N2CCN(C=O)CC2)ccn1. The average Bonchev–Trinajstić information content (AvgIpc) is 2.68. The van der Waals surface area contributed by atoms with Crippen molar-refractivity contribution in [1.82, 2.24) is 9.88 Å². The summed E-state index contributed by atoms with van der Waals surface area (Å²) in [4.78, 5) is 31.5. The highest BCUT2D eigenvalue weighted by Crippen LogP contribution is 2.19. The number of amides is 2. The number of carbonyl (C=O) groups excluding carboxylic acids is 2. The van der Waals surface area contributed by atoms with Gasteiger partial charge in [0.2, 0.25) is 6.41 Å². The second kappa shape index (κ2) is 7.79. The van der Waals surface area contributed by atoms with E-state index < -0.39 is 0 Å². The molecular formula is C19H22N4O2. The van der Waals surface area contributed by atoms with E-state index >= 15 is 0 Å². The Labute approximate surface area is 147 Å². The maximum atomic E-state index is 12.6. The molecule has 6 nitrogen and oxygen atoms in total. The summed E-state index contributed by atoms with van der Waals surface area (Å²) in [5.74, 6) is -0.214. The van der Waals surface area contributed by atoms with Crippen molar-refractivity contribution in [2.45, 2.75) is 13.3 Å². The van der Waals surface area contributed by atoms with E-state index in [4.69, 9.17) is 0 Å². The number of hydrogen-bond donors (Lipinski definition) is 1. The first-order chi connectivity index (χ1) is 12.2. The van der Waals surface area contributed by atoms with E-state index in [0.29, 0.717) is 18.8 Å². The van der Waals surface area contributed by atoms with Crippen LogP contribution in [-0.4, -0.2) is 48.4 Å². The summed E-state index contributed by atoms with van der Waals surface area (Å²) in [6.07, 6.45) is 3.39. The summed E-state index contributed by atoms with van der Waals surface area (Å²) in [6.45, 7) is 4.95. The third kappa shape index (κ3) is 3.96. The highest BCUT2D eigenvalue weighted by Gasteiger charge is 2.17. The predicted molar refractivity (Wildman–Crippen MR) is 97.9 cm³/mol. The van der Waals surface area contributed by atoms with E-state index in [2.05, 4.69) is 22.1 Å². The third-order valence-corrected chi connectivity index (χ3v) is 4.45. The monoisotopic (exact) mass is 338 g/mol. The summed E-state index contributed by atoms with van der Waals surface area (Å²) in [5, 5.41) is 2.95. The quantitative estimate of drug-likeness (QED) is 0.849. The smallest absolute Gasteiger partial charge is 0.274 e. The molecule has 6 heteroatoms. The minimum Gasteiger partial charge on any atom is -0.368 e. The molecule has 1 aliphatic heterocycles. The van der Waals surface area contributed by atoms with Crippen LogP contribution in [0.4, 0.5) is 11.4 Å². The minimum atomic E-state index is -0.214. The first-order valence-corrected chi connectivity index (χ1v) is 8.51.